The van der Waals surface area contributed by atoms with Crippen LogP contribution in [-0.2, 0) is 4.79 Å². The van der Waals surface area contributed by atoms with Crippen molar-refractivity contribution in [3.8, 4) is 22.8 Å². The van der Waals surface area contributed by atoms with E-state index in [-0.39, 0.29) is 16.9 Å². The van der Waals surface area contributed by atoms with Crippen LogP contribution in [-0.4, -0.2) is 13.1 Å². The third-order valence-electron chi connectivity index (χ3n) is 3.97. The quantitative estimate of drug-likeness (QED) is 0.587. The molecule has 0 bridgehead atoms. The first-order valence-corrected chi connectivity index (χ1v) is 8.71. The second-order valence-electron chi connectivity index (χ2n) is 7.10. The molecule has 0 N–H and O–H groups in total. The van der Waals surface area contributed by atoms with Crippen LogP contribution in [0.5, 0.6) is 11.5 Å². The van der Waals surface area contributed by atoms with E-state index in [1.807, 2.05) is 0 Å². The van der Waals surface area contributed by atoms with Gasteiger partial charge in [-0.25, -0.2) is 0 Å². The van der Waals surface area contributed by atoms with Crippen LogP contribution >= 0.6 is 11.6 Å². The molecule has 140 valence electrons. The summed E-state index contributed by atoms with van der Waals surface area (Å²) >= 11 is 6.01. The number of hydrogen-bond donors (Lipinski definition) is 0. The molecule has 0 unspecified atom stereocenters. The molecule has 0 amide bonds. The third kappa shape index (κ3) is 3.83. The third-order valence-corrected chi connectivity index (χ3v) is 4.21. The lowest BCUT2D eigenvalue weighted by Gasteiger charge is -2.17. The predicted molar refractivity (Wildman–Crippen MR) is 105 cm³/mol. The number of esters is 1. The van der Waals surface area contributed by atoms with E-state index < -0.39 is 16.8 Å². The molecule has 0 atom stereocenters. The fourth-order valence-electron chi connectivity index (χ4n) is 2.42. The largest absolute Gasteiger partial charge is 0.497 e. The normalized spacial score (nSPS) is 11.4. The van der Waals surface area contributed by atoms with Crippen molar-refractivity contribution in [1.82, 2.24) is 0 Å². The summed E-state index contributed by atoms with van der Waals surface area (Å²) in [6, 6.07) is 11.7. The maximum absolute atomic E-state index is 13.0. The van der Waals surface area contributed by atoms with Gasteiger partial charge in [-0.05, 0) is 63.2 Å². The van der Waals surface area contributed by atoms with E-state index in [4.69, 9.17) is 25.5 Å². The van der Waals surface area contributed by atoms with Crippen molar-refractivity contribution >= 4 is 28.5 Å². The van der Waals surface area contributed by atoms with Gasteiger partial charge < -0.3 is 13.9 Å². The Morgan fingerprint density at radius 3 is 2.33 bits per heavy atom. The first kappa shape index (κ1) is 19.0. The molecule has 0 spiro atoms. The van der Waals surface area contributed by atoms with Crippen molar-refractivity contribution in [2.75, 3.05) is 7.11 Å². The molecule has 0 aliphatic rings. The minimum atomic E-state index is -0.785. The van der Waals surface area contributed by atoms with Crippen LogP contribution in [0.15, 0.2) is 51.7 Å². The van der Waals surface area contributed by atoms with Gasteiger partial charge in [-0.2, -0.15) is 0 Å². The molecule has 5 nitrogen and oxygen atoms in total. The number of methoxy groups -OCH3 is 1. The van der Waals surface area contributed by atoms with Gasteiger partial charge in [0.05, 0.1) is 17.9 Å². The van der Waals surface area contributed by atoms with E-state index >= 15 is 0 Å². The SMILES string of the molecule is COc1ccc(-c2oc3ccc(Cl)cc3c(=O)c2OC(=O)C(C)(C)C)cc1. The van der Waals surface area contributed by atoms with Gasteiger partial charge in [0.1, 0.15) is 11.3 Å². The molecule has 0 saturated carbocycles. The zero-order chi connectivity index (χ0) is 19.8. The number of carbonyl (C=O) groups excluding carboxylic acids is 1. The Bertz CT molecular complexity index is 1060. The molecule has 27 heavy (non-hydrogen) atoms. The molecule has 0 fully saturated rings. The van der Waals surface area contributed by atoms with Gasteiger partial charge in [-0.15, -0.1) is 0 Å². The summed E-state index contributed by atoms with van der Waals surface area (Å²) in [6.07, 6.45) is 0. The van der Waals surface area contributed by atoms with Crippen LogP contribution < -0.4 is 14.9 Å². The summed E-state index contributed by atoms with van der Waals surface area (Å²) in [4.78, 5) is 25.5. The van der Waals surface area contributed by atoms with Crippen molar-refractivity contribution in [2.45, 2.75) is 20.8 Å². The van der Waals surface area contributed by atoms with Crippen LogP contribution in [0, 0.1) is 5.41 Å². The van der Waals surface area contributed by atoms with E-state index in [1.165, 1.54) is 6.07 Å². The Labute approximate surface area is 161 Å². The lowest BCUT2D eigenvalue weighted by molar-refractivity contribution is -0.143. The predicted octanol–water partition coefficient (Wildman–Crippen LogP) is 5.07. The van der Waals surface area contributed by atoms with Crippen LogP contribution in [0.3, 0.4) is 0 Å². The average molecular weight is 387 g/mol. The van der Waals surface area contributed by atoms with Crippen LogP contribution in [0.2, 0.25) is 5.02 Å². The minimum Gasteiger partial charge on any atom is -0.497 e. The molecule has 0 saturated heterocycles. The first-order valence-electron chi connectivity index (χ1n) is 8.34. The van der Waals surface area contributed by atoms with E-state index in [0.29, 0.717) is 21.9 Å². The number of benzene rings is 2. The summed E-state index contributed by atoms with van der Waals surface area (Å²) in [5.74, 6) is 0.137. The summed E-state index contributed by atoms with van der Waals surface area (Å²) in [7, 11) is 1.56. The van der Waals surface area contributed by atoms with E-state index in [9.17, 15) is 9.59 Å². The zero-order valence-corrected chi connectivity index (χ0v) is 16.2. The van der Waals surface area contributed by atoms with Crippen molar-refractivity contribution in [3.63, 3.8) is 0 Å². The minimum absolute atomic E-state index is 0.158. The van der Waals surface area contributed by atoms with Gasteiger partial charge in [0.25, 0.3) is 0 Å². The van der Waals surface area contributed by atoms with Gasteiger partial charge in [-0.3, -0.25) is 9.59 Å². The molecule has 2 aromatic carbocycles. The Hall–Kier alpha value is -2.79. The summed E-state index contributed by atoms with van der Waals surface area (Å²) in [5, 5.41) is 0.636. The van der Waals surface area contributed by atoms with Gasteiger partial charge in [0.15, 0.2) is 5.76 Å². The van der Waals surface area contributed by atoms with Gasteiger partial charge in [0, 0.05) is 10.6 Å². The molecule has 0 aliphatic carbocycles. The fourth-order valence-corrected chi connectivity index (χ4v) is 2.59. The molecule has 0 radical (unpaired) electrons. The maximum Gasteiger partial charge on any atom is 0.316 e. The summed E-state index contributed by atoms with van der Waals surface area (Å²) in [6.45, 7) is 5.13. The van der Waals surface area contributed by atoms with Gasteiger partial charge in [-0.1, -0.05) is 11.6 Å². The van der Waals surface area contributed by atoms with Crippen LogP contribution in [0.25, 0.3) is 22.3 Å². The molecule has 3 rings (SSSR count). The number of ether oxygens (including phenoxy) is 2. The number of hydrogen-bond acceptors (Lipinski definition) is 5. The first-order chi connectivity index (χ1) is 12.7. The maximum atomic E-state index is 13.0. The second-order valence-corrected chi connectivity index (χ2v) is 7.53. The monoisotopic (exact) mass is 386 g/mol. The van der Waals surface area contributed by atoms with Crippen molar-refractivity contribution in [1.29, 1.82) is 0 Å². The number of rotatable bonds is 3. The molecule has 3 aromatic rings. The molecule has 6 heteroatoms. The molecule has 1 heterocycles. The van der Waals surface area contributed by atoms with Crippen LogP contribution in [0.1, 0.15) is 20.8 Å². The number of fused-ring (bicyclic) bond motifs is 1. The fraction of sp³-hybridized carbons (Fsp3) is 0.238. The van der Waals surface area contributed by atoms with Crippen molar-refractivity contribution in [3.05, 3.63) is 57.7 Å². The van der Waals surface area contributed by atoms with E-state index in [2.05, 4.69) is 0 Å². The highest BCUT2D eigenvalue weighted by atomic mass is 35.5. The molecular formula is C21H19ClO5. The Balaban J connectivity index is 2.25. The second kappa shape index (κ2) is 7.08. The van der Waals surface area contributed by atoms with Crippen LogP contribution in [0.4, 0.5) is 0 Å². The lowest BCUT2D eigenvalue weighted by atomic mass is 9.97. The van der Waals surface area contributed by atoms with Crippen molar-refractivity contribution < 1.29 is 18.7 Å². The Morgan fingerprint density at radius 1 is 1.07 bits per heavy atom. The Kier molecular flexibility index (Phi) is 4.98. The number of halogens is 1. The Morgan fingerprint density at radius 2 is 1.74 bits per heavy atom. The number of carbonyl (C=O) groups is 1. The highest BCUT2D eigenvalue weighted by Gasteiger charge is 2.28. The summed E-state index contributed by atoms with van der Waals surface area (Å²) < 4.78 is 16.6. The zero-order valence-electron chi connectivity index (χ0n) is 15.5. The lowest BCUT2D eigenvalue weighted by Crippen LogP contribution is -2.28. The topological polar surface area (TPSA) is 65.7 Å². The summed E-state index contributed by atoms with van der Waals surface area (Å²) in [5.41, 5.74) is -0.304. The molecular weight excluding hydrogens is 368 g/mol. The highest BCUT2D eigenvalue weighted by Crippen LogP contribution is 2.33. The van der Waals surface area contributed by atoms with Gasteiger partial charge in [0.2, 0.25) is 11.2 Å². The van der Waals surface area contributed by atoms with Crippen molar-refractivity contribution in [2.24, 2.45) is 5.41 Å². The molecule has 1 aromatic heterocycles. The standard InChI is InChI=1S/C21H19ClO5/c1-21(2,3)20(24)27-19-17(23)15-11-13(22)7-10-16(15)26-18(19)12-5-8-14(25-4)9-6-12/h5-11H,1-4H3. The highest BCUT2D eigenvalue weighted by molar-refractivity contribution is 6.31. The smallest absolute Gasteiger partial charge is 0.316 e. The van der Waals surface area contributed by atoms with E-state index in [1.54, 1.807) is 64.3 Å². The van der Waals surface area contributed by atoms with E-state index in [0.717, 1.165) is 0 Å². The average Bonchev–Trinajstić information content (AvgIpc) is 2.63. The molecule has 0 aliphatic heterocycles. The van der Waals surface area contributed by atoms with Gasteiger partial charge >= 0.3 is 5.97 Å².